The summed E-state index contributed by atoms with van der Waals surface area (Å²) in [4.78, 5) is 29.8. The van der Waals surface area contributed by atoms with Crippen molar-refractivity contribution in [3.05, 3.63) is 11.7 Å². The Morgan fingerprint density at radius 1 is 1.35 bits per heavy atom. The first-order valence-electron chi connectivity index (χ1n) is 8.41. The molecule has 0 aliphatic carbocycles. The van der Waals surface area contributed by atoms with Gasteiger partial charge in [-0.1, -0.05) is 12.1 Å². The van der Waals surface area contributed by atoms with Crippen LogP contribution in [0.4, 0.5) is 0 Å². The summed E-state index contributed by atoms with van der Waals surface area (Å²) in [6.07, 6.45) is 5.06. The molecule has 2 amide bonds. The van der Waals surface area contributed by atoms with E-state index < -0.39 is 0 Å². The van der Waals surface area contributed by atoms with Crippen molar-refractivity contribution in [3.63, 3.8) is 0 Å². The van der Waals surface area contributed by atoms with Crippen LogP contribution in [0, 0.1) is 5.92 Å². The number of primary amides is 1. The number of nitrogens with two attached hydrogens (primary N) is 1. The first kappa shape index (κ1) is 17.4. The van der Waals surface area contributed by atoms with Crippen molar-refractivity contribution in [3.8, 4) is 0 Å². The molecule has 2 rings (SSSR count). The summed E-state index contributed by atoms with van der Waals surface area (Å²) >= 11 is 0. The molecule has 128 valence electrons. The first-order chi connectivity index (χ1) is 11.0. The van der Waals surface area contributed by atoms with Crippen molar-refractivity contribution in [2.45, 2.75) is 64.8 Å². The second-order valence-electron chi connectivity index (χ2n) is 6.28. The molecule has 2 heterocycles. The van der Waals surface area contributed by atoms with Crippen LogP contribution in [-0.2, 0) is 22.4 Å². The second kappa shape index (κ2) is 8.08. The number of hydrogen-bond acceptors (Lipinski definition) is 5. The quantitative estimate of drug-likeness (QED) is 0.818. The van der Waals surface area contributed by atoms with E-state index in [1.54, 1.807) is 4.90 Å². The first-order valence-corrected chi connectivity index (χ1v) is 8.41. The average Bonchev–Trinajstić information content (AvgIpc) is 2.95. The van der Waals surface area contributed by atoms with Gasteiger partial charge in [-0.15, -0.1) is 0 Å². The molecule has 7 nitrogen and oxygen atoms in total. The lowest BCUT2D eigenvalue weighted by Crippen LogP contribution is -2.48. The highest BCUT2D eigenvalue weighted by Gasteiger charge is 2.31. The van der Waals surface area contributed by atoms with E-state index in [-0.39, 0.29) is 23.8 Å². The van der Waals surface area contributed by atoms with Crippen LogP contribution < -0.4 is 5.73 Å². The molecule has 0 saturated carbocycles. The number of carbonyl (C=O) groups excluding carboxylic acids is 2. The normalized spacial score (nSPS) is 21.4. The number of piperidine rings is 1. The molecule has 1 aromatic heterocycles. The van der Waals surface area contributed by atoms with Crippen LogP contribution in [0.2, 0.25) is 0 Å². The fraction of sp³-hybridized carbons (Fsp3) is 0.750. The van der Waals surface area contributed by atoms with Crippen molar-refractivity contribution in [2.24, 2.45) is 11.7 Å². The number of aryl methyl sites for hydroxylation is 2. The Labute approximate surface area is 136 Å². The third-order valence-electron chi connectivity index (χ3n) is 4.37. The number of amides is 2. The molecule has 0 bridgehead atoms. The SMILES string of the molecule is CCCc1noc(CCCC(=O)N2C[C@@H](C(N)=O)CC[C@@H]2C)n1. The van der Waals surface area contributed by atoms with Crippen LogP contribution in [0.25, 0.3) is 0 Å². The minimum absolute atomic E-state index is 0.0664. The summed E-state index contributed by atoms with van der Waals surface area (Å²) in [5.41, 5.74) is 5.37. The Bertz CT molecular complexity index is 543. The lowest BCUT2D eigenvalue weighted by molar-refractivity contribution is -0.137. The van der Waals surface area contributed by atoms with Crippen LogP contribution >= 0.6 is 0 Å². The van der Waals surface area contributed by atoms with E-state index in [2.05, 4.69) is 17.1 Å². The standard InChI is InChI=1S/C16H26N4O3/c1-3-5-13-18-14(23-19-13)6-4-7-15(21)20-10-12(16(17)22)9-8-11(20)2/h11-12H,3-10H2,1-2H3,(H2,17,22)/t11-,12-/m0/s1. The van der Waals surface area contributed by atoms with Gasteiger partial charge in [0.1, 0.15) is 0 Å². The smallest absolute Gasteiger partial charge is 0.226 e. The third kappa shape index (κ3) is 4.77. The Morgan fingerprint density at radius 3 is 2.83 bits per heavy atom. The van der Waals surface area contributed by atoms with Gasteiger partial charge in [0.15, 0.2) is 5.82 Å². The Hall–Kier alpha value is -1.92. The van der Waals surface area contributed by atoms with Gasteiger partial charge in [-0.2, -0.15) is 4.98 Å². The van der Waals surface area contributed by atoms with Crippen molar-refractivity contribution in [1.82, 2.24) is 15.0 Å². The molecule has 2 atom stereocenters. The molecule has 0 aromatic carbocycles. The molecule has 1 aromatic rings. The topological polar surface area (TPSA) is 102 Å². The predicted octanol–water partition coefficient (Wildman–Crippen LogP) is 1.46. The van der Waals surface area contributed by atoms with E-state index in [1.165, 1.54) is 0 Å². The zero-order valence-electron chi connectivity index (χ0n) is 14.0. The van der Waals surface area contributed by atoms with Gasteiger partial charge in [-0.25, -0.2) is 0 Å². The predicted molar refractivity (Wildman–Crippen MR) is 84.3 cm³/mol. The van der Waals surface area contributed by atoms with E-state index in [9.17, 15) is 9.59 Å². The number of hydrogen-bond donors (Lipinski definition) is 1. The molecule has 0 radical (unpaired) electrons. The van der Waals surface area contributed by atoms with Crippen LogP contribution in [0.15, 0.2) is 4.52 Å². The summed E-state index contributed by atoms with van der Waals surface area (Å²) in [5, 5.41) is 3.90. The fourth-order valence-corrected chi connectivity index (χ4v) is 2.94. The zero-order valence-corrected chi connectivity index (χ0v) is 14.0. The maximum Gasteiger partial charge on any atom is 0.226 e. The monoisotopic (exact) mass is 322 g/mol. The molecule has 1 saturated heterocycles. The van der Waals surface area contributed by atoms with Crippen molar-refractivity contribution in [1.29, 1.82) is 0 Å². The maximum atomic E-state index is 12.4. The van der Waals surface area contributed by atoms with Crippen LogP contribution in [0.5, 0.6) is 0 Å². The minimum Gasteiger partial charge on any atom is -0.369 e. The van der Waals surface area contributed by atoms with Gasteiger partial charge in [-0.3, -0.25) is 9.59 Å². The van der Waals surface area contributed by atoms with E-state index >= 15 is 0 Å². The summed E-state index contributed by atoms with van der Waals surface area (Å²) < 4.78 is 5.17. The maximum absolute atomic E-state index is 12.4. The van der Waals surface area contributed by atoms with E-state index in [4.69, 9.17) is 10.3 Å². The molecular formula is C16H26N4O3. The van der Waals surface area contributed by atoms with Gasteiger partial charge in [0.25, 0.3) is 0 Å². The van der Waals surface area contributed by atoms with Gasteiger partial charge in [0.05, 0.1) is 5.92 Å². The highest BCUT2D eigenvalue weighted by Crippen LogP contribution is 2.22. The Morgan fingerprint density at radius 2 is 2.13 bits per heavy atom. The molecule has 1 aliphatic heterocycles. The lowest BCUT2D eigenvalue weighted by Gasteiger charge is -2.37. The lowest BCUT2D eigenvalue weighted by atomic mass is 9.92. The summed E-state index contributed by atoms with van der Waals surface area (Å²) in [6, 6.07) is 0.165. The van der Waals surface area contributed by atoms with Gasteiger partial charge in [0.2, 0.25) is 17.7 Å². The number of aromatic nitrogens is 2. The second-order valence-corrected chi connectivity index (χ2v) is 6.28. The molecule has 23 heavy (non-hydrogen) atoms. The Balaban J connectivity index is 1.79. The molecule has 0 unspecified atom stereocenters. The van der Waals surface area contributed by atoms with Crippen LogP contribution in [0.3, 0.4) is 0 Å². The van der Waals surface area contributed by atoms with Crippen molar-refractivity contribution >= 4 is 11.8 Å². The minimum atomic E-state index is -0.316. The number of nitrogens with zero attached hydrogens (tertiary/aromatic N) is 3. The molecule has 7 heteroatoms. The summed E-state index contributed by atoms with van der Waals surface area (Å²) in [7, 11) is 0. The van der Waals surface area contributed by atoms with E-state index in [1.807, 2.05) is 6.92 Å². The van der Waals surface area contributed by atoms with Crippen molar-refractivity contribution in [2.75, 3.05) is 6.54 Å². The molecule has 0 spiro atoms. The number of carbonyl (C=O) groups is 2. The number of likely N-dealkylation sites (tertiary alicyclic amines) is 1. The number of rotatable bonds is 7. The van der Waals surface area contributed by atoms with Crippen LogP contribution in [-0.4, -0.2) is 39.4 Å². The molecule has 1 fully saturated rings. The molecular weight excluding hydrogens is 296 g/mol. The van der Waals surface area contributed by atoms with E-state index in [0.717, 1.165) is 31.5 Å². The third-order valence-corrected chi connectivity index (χ3v) is 4.37. The summed E-state index contributed by atoms with van der Waals surface area (Å²) in [6.45, 7) is 4.52. The highest BCUT2D eigenvalue weighted by atomic mass is 16.5. The van der Waals surface area contributed by atoms with Crippen LogP contribution in [0.1, 0.15) is 57.7 Å². The van der Waals surface area contributed by atoms with Gasteiger partial charge in [0, 0.05) is 31.8 Å². The van der Waals surface area contributed by atoms with Gasteiger partial charge < -0.3 is 15.2 Å². The molecule has 1 aliphatic rings. The molecule has 2 N–H and O–H groups in total. The summed E-state index contributed by atoms with van der Waals surface area (Å²) in [5.74, 6) is 0.842. The zero-order chi connectivity index (χ0) is 16.8. The average molecular weight is 322 g/mol. The van der Waals surface area contributed by atoms with Gasteiger partial charge in [-0.05, 0) is 32.6 Å². The largest absolute Gasteiger partial charge is 0.369 e. The fourth-order valence-electron chi connectivity index (χ4n) is 2.94. The Kier molecular flexibility index (Phi) is 6.12. The highest BCUT2D eigenvalue weighted by molar-refractivity contribution is 5.80. The van der Waals surface area contributed by atoms with E-state index in [0.29, 0.717) is 31.7 Å². The van der Waals surface area contributed by atoms with Gasteiger partial charge >= 0.3 is 0 Å². The van der Waals surface area contributed by atoms with Crippen molar-refractivity contribution < 1.29 is 14.1 Å².